The van der Waals surface area contributed by atoms with Crippen LogP contribution in [0.5, 0.6) is 0 Å². The molecule has 0 amide bonds. The predicted molar refractivity (Wildman–Crippen MR) is 64.9 cm³/mol. The molecule has 16 heavy (non-hydrogen) atoms. The molecule has 1 aromatic carbocycles. The molecule has 0 radical (unpaired) electrons. The van der Waals surface area contributed by atoms with Gasteiger partial charge in [-0.05, 0) is 49.1 Å². The maximum atomic E-state index is 6.07. The highest BCUT2D eigenvalue weighted by Crippen LogP contribution is 2.34. The van der Waals surface area contributed by atoms with Crippen molar-refractivity contribution in [2.75, 3.05) is 13.2 Å². The minimum absolute atomic E-state index is 0.199. The molecule has 2 atom stereocenters. The smallest absolute Gasteiger partial charge is 0.0981 e. The number of nitrogens with one attached hydrogen (secondary N) is 1. The molecule has 1 N–H and O–H groups in total. The first-order chi connectivity index (χ1) is 7.84. The molecule has 0 saturated carbocycles. The molecular weight excluding hydrogens is 222 g/mol. The lowest BCUT2D eigenvalue weighted by molar-refractivity contribution is 0.0199. The van der Waals surface area contributed by atoms with Crippen molar-refractivity contribution in [1.82, 2.24) is 5.32 Å². The van der Waals surface area contributed by atoms with Gasteiger partial charge in [-0.3, -0.25) is 0 Å². The Hall–Kier alpha value is -0.570. The van der Waals surface area contributed by atoms with E-state index in [1.807, 2.05) is 6.07 Å². The average Bonchev–Trinajstić information content (AvgIpc) is 2.81. The number of hydrogen-bond donors (Lipinski definition) is 1. The molecule has 1 unspecified atom stereocenters. The predicted octanol–water partition coefficient (Wildman–Crippen LogP) is 2.71. The Morgan fingerprint density at radius 1 is 1.38 bits per heavy atom. The summed E-state index contributed by atoms with van der Waals surface area (Å²) in [6.45, 7) is 1.94. The van der Waals surface area contributed by atoms with Gasteiger partial charge in [-0.1, -0.05) is 17.7 Å². The van der Waals surface area contributed by atoms with Crippen LogP contribution < -0.4 is 5.32 Å². The number of halogens is 1. The Bertz CT molecular complexity index is 388. The van der Waals surface area contributed by atoms with Crippen LogP contribution in [0.1, 0.15) is 30.1 Å². The quantitative estimate of drug-likeness (QED) is 0.811. The van der Waals surface area contributed by atoms with Crippen LogP contribution in [0.15, 0.2) is 18.2 Å². The second-order valence-corrected chi connectivity index (χ2v) is 5.02. The van der Waals surface area contributed by atoms with Crippen molar-refractivity contribution >= 4 is 11.6 Å². The Kier molecular flexibility index (Phi) is 2.88. The zero-order chi connectivity index (χ0) is 11.0. The summed E-state index contributed by atoms with van der Waals surface area (Å²) >= 11 is 6.07. The summed E-state index contributed by atoms with van der Waals surface area (Å²) in [6, 6.07) is 6.66. The molecule has 2 heterocycles. The second-order valence-electron chi connectivity index (χ2n) is 4.59. The zero-order valence-corrected chi connectivity index (χ0v) is 9.96. The molecule has 3 rings (SSSR count). The topological polar surface area (TPSA) is 21.3 Å². The largest absolute Gasteiger partial charge is 0.372 e. The van der Waals surface area contributed by atoms with E-state index < -0.39 is 0 Å². The Labute approximate surface area is 101 Å². The van der Waals surface area contributed by atoms with Gasteiger partial charge >= 0.3 is 0 Å². The monoisotopic (exact) mass is 237 g/mol. The molecule has 1 aromatic rings. The fourth-order valence-electron chi connectivity index (χ4n) is 2.75. The summed E-state index contributed by atoms with van der Waals surface area (Å²) < 4.78 is 5.92. The van der Waals surface area contributed by atoms with Crippen LogP contribution in [-0.4, -0.2) is 19.2 Å². The Balaban J connectivity index is 1.94. The first kappa shape index (κ1) is 10.6. The van der Waals surface area contributed by atoms with E-state index >= 15 is 0 Å². The van der Waals surface area contributed by atoms with Crippen molar-refractivity contribution in [2.45, 2.75) is 31.4 Å². The van der Waals surface area contributed by atoms with Gasteiger partial charge in [0, 0.05) is 11.1 Å². The molecule has 1 saturated heterocycles. The number of ether oxygens (including phenoxy) is 1. The summed E-state index contributed by atoms with van der Waals surface area (Å²) in [5.74, 6) is 0. The third-order valence-electron chi connectivity index (χ3n) is 3.55. The molecular formula is C13H16ClNO. The van der Waals surface area contributed by atoms with Gasteiger partial charge in [-0.15, -0.1) is 0 Å². The first-order valence-electron chi connectivity index (χ1n) is 5.98. The minimum atomic E-state index is 0.199. The molecule has 2 aliphatic rings. The lowest BCUT2D eigenvalue weighted by atomic mass is 9.92. The lowest BCUT2D eigenvalue weighted by Gasteiger charge is -2.30. The number of hydrogen-bond acceptors (Lipinski definition) is 2. The Morgan fingerprint density at radius 3 is 3.12 bits per heavy atom. The van der Waals surface area contributed by atoms with Gasteiger partial charge in [0.25, 0.3) is 0 Å². The van der Waals surface area contributed by atoms with E-state index in [-0.39, 0.29) is 6.10 Å². The highest BCUT2D eigenvalue weighted by atomic mass is 35.5. The maximum absolute atomic E-state index is 6.07. The normalized spacial score (nSPS) is 29.1. The molecule has 0 bridgehead atoms. The van der Waals surface area contributed by atoms with Crippen LogP contribution in [0.2, 0.25) is 5.02 Å². The summed E-state index contributed by atoms with van der Waals surface area (Å²) in [5.41, 5.74) is 2.69. The van der Waals surface area contributed by atoms with Crippen LogP contribution in [0.4, 0.5) is 0 Å². The third kappa shape index (κ3) is 1.86. The van der Waals surface area contributed by atoms with Crippen LogP contribution in [0.3, 0.4) is 0 Å². The van der Waals surface area contributed by atoms with Crippen LogP contribution in [0.25, 0.3) is 0 Å². The standard InChI is InChI=1S/C13H16ClNO/c14-10-4-3-9-5-7-16-13(11(9)8-10)12-2-1-6-15-12/h3-4,8,12-13,15H,1-2,5-7H2/t12?,13-/m1/s1. The number of benzene rings is 1. The summed E-state index contributed by atoms with van der Waals surface area (Å²) in [7, 11) is 0. The van der Waals surface area contributed by atoms with Crippen LogP contribution >= 0.6 is 11.6 Å². The van der Waals surface area contributed by atoms with E-state index in [1.165, 1.54) is 24.0 Å². The zero-order valence-electron chi connectivity index (χ0n) is 9.21. The van der Waals surface area contributed by atoms with Crippen molar-refractivity contribution < 1.29 is 4.74 Å². The molecule has 2 nitrogen and oxygen atoms in total. The van der Waals surface area contributed by atoms with Crippen LogP contribution in [-0.2, 0) is 11.2 Å². The van der Waals surface area contributed by atoms with Crippen molar-refractivity contribution in [3.05, 3.63) is 34.3 Å². The molecule has 2 aliphatic heterocycles. The molecule has 0 aliphatic carbocycles. The fraction of sp³-hybridized carbons (Fsp3) is 0.538. The van der Waals surface area contributed by atoms with E-state index in [9.17, 15) is 0 Å². The maximum Gasteiger partial charge on any atom is 0.0981 e. The summed E-state index contributed by atoms with van der Waals surface area (Å²) in [5, 5.41) is 4.33. The molecule has 0 spiro atoms. The number of rotatable bonds is 1. The molecule has 0 aromatic heterocycles. The van der Waals surface area contributed by atoms with Gasteiger partial charge in [0.1, 0.15) is 0 Å². The van der Waals surface area contributed by atoms with E-state index in [0.717, 1.165) is 24.6 Å². The third-order valence-corrected chi connectivity index (χ3v) is 3.78. The average molecular weight is 238 g/mol. The second kappa shape index (κ2) is 4.36. The Morgan fingerprint density at radius 2 is 2.31 bits per heavy atom. The molecule has 1 fully saturated rings. The number of fused-ring (bicyclic) bond motifs is 1. The van der Waals surface area contributed by atoms with Crippen molar-refractivity contribution in [2.24, 2.45) is 0 Å². The van der Waals surface area contributed by atoms with Crippen LogP contribution in [0, 0.1) is 0 Å². The highest BCUT2D eigenvalue weighted by molar-refractivity contribution is 6.30. The SMILES string of the molecule is Clc1ccc2c(c1)[C@H](C1CCCN1)OCC2. The van der Waals surface area contributed by atoms with Gasteiger partial charge in [-0.25, -0.2) is 0 Å². The summed E-state index contributed by atoms with van der Waals surface area (Å²) in [4.78, 5) is 0. The molecule has 3 heteroatoms. The lowest BCUT2D eigenvalue weighted by Crippen LogP contribution is -2.33. The van der Waals surface area contributed by atoms with E-state index in [1.54, 1.807) is 0 Å². The van der Waals surface area contributed by atoms with Crippen molar-refractivity contribution in [3.8, 4) is 0 Å². The minimum Gasteiger partial charge on any atom is -0.372 e. The molecule has 86 valence electrons. The van der Waals surface area contributed by atoms with Gasteiger partial charge in [0.15, 0.2) is 0 Å². The van der Waals surface area contributed by atoms with Gasteiger partial charge in [-0.2, -0.15) is 0 Å². The van der Waals surface area contributed by atoms with E-state index in [4.69, 9.17) is 16.3 Å². The summed E-state index contributed by atoms with van der Waals surface area (Å²) in [6.07, 6.45) is 3.66. The first-order valence-corrected chi connectivity index (χ1v) is 6.36. The van der Waals surface area contributed by atoms with Crippen molar-refractivity contribution in [1.29, 1.82) is 0 Å². The highest BCUT2D eigenvalue weighted by Gasteiger charge is 2.30. The van der Waals surface area contributed by atoms with Crippen molar-refractivity contribution in [3.63, 3.8) is 0 Å². The van der Waals surface area contributed by atoms with E-state index in [2.05, 4.69) is 17.4 Å². The van der Waals surface area contributed by atoms with Gasteiger partial charge < -0.3 is 10.1 Å². The van der Waals surface area contributed by atoms with Gasteiger partial charge in [0.2, 0.25) is 0 Å². The van der Waals surface area contributed by atoms with E-state index in [0.29, 0.717) is 6.04 Å². The van der Waals surface area contributed by atoms with Gasteiger partial charge in [0.05, 0.1) is 12.7 Å². The fourth-order valence-corrected chi connectivity index (χ4v) is 2.93.